The molecular weight excluding hydrogens is 482 g/mol. The number of aliphatic hydroxyl groups excluding tert-OH is 2. The SMILES string of the molecule is CC(O)CCOc1c(Cl)cc(C(C)(C)c2cc(Cl)c(OCCC(C)O)c(Cl)c2)cc1Cl. The van der Waals surface area contributed by atoms with Crippen molar-refractivity contribution < 1.29 is 19.7 Å². The van der Waals surface area contributed by atoms with Gasteiger partial charge in [-0.15, -0.1) is 0 Å². The van der Waals surface area contributed by atoms with Crippen LogP contribution in [0.15, 0.2) is 24.3 Å². The molecule has 31 heavy (non-hydrogen) atoms. The first-order chi connectivity index (χ1) is 14.4. The number of hydrogen-bond acceptors (Lipinski definition) is 4. The molecule has 0 radical (unpaired) electrons. The Labute approximate surface area is 204 Å². The summed E-state index contributed by atoms with van der Waals surface area (Å²) in [6.07, 6.45) is 0.0129. The van der Waals surface area contributed by atoms with Gasteiger partial charge < -0.3 is 19.7 Å². The average molecular weight is 510 g/mol. The monoisotopic (exact) mass is 508 g/mol. The zero-order valence-electron chi connectivity index (χ0n) is 18.0. The van der Waals surface area contributed by atoms with E-state index in [2.05, 4.69) is 0 Å². The summed E-state index contributed by atoms with van der Waals surface area (Å²) in [4.78, 5) is 0. The van der Waals surface area contributed by atoms with Gasteiger partial charge in [0.05, 0.1) is 45.5 Å². The van der Waals surface area contributed by atoms with Crippen molar-refractivity contribution in [2.24, 2.45) is 0 Å². The maximum absolute atomic E-state index is 9.39. The molecule has 2 aromatic carbocycles. The number of aliphatic hydroxyl groups is 2. The highest BCUT2D eigenvalue weighted by Gasteiger charge is 2.27. The van der Waals surface area contributed by atoms with Crippen molar-refractivity contribution in [1.82, 2.24) is 0 Å². The third kappa shape index (κ3) is 7.05. The Morgan fingerprint density at radius 1 is 0.710 bits per heavy atom. The van der Waals surface area contributed by atoms with Gasteiger partial charge in [0.15, 0.2) is 11.5 Å². The molecule has 0 spiro atoms. The second-order valence-electron chi connectivity index (χ2n) is 8.14. The molecule has 2 unspecified atom stereocenters. The topological polar surface area (TPSA) is 58.9 Å². The van der Waals surface area contributed by atoms with E-state index < -0.39 is 17.6 Å². The number of benzene rings is 2. The van der Waals surface area contributed by atoms with Crippen molar-refractivity contribution in [3.05, 3.63) is 55.5 Å². The molecule has 0 aliphatic heterocycles. The van der Waals surface area contributed by atoms with E-state index in [9.17, 15) is 10.2 Å². The van der Waals surface area contributed by atoms with Gasteiger partial charge >= 0.3 is 0 Å². The van der Waals surface area contributed by atoms with Gasteiger partial charge in [-0.3, -0.25) is 0 Å². The van der Waals surface area contributed by atoms with Gasteiger partial charge in [-0.05, 0) is 49.2 Å². The van der Waals surface area contributed by atoms with Crippen LogP contribution in [0.25, 0.3) is 0 Å². The van der Waals surface area contributed by atoms with E-state index in [-0.39, 0.29) is 0 Å². The van der Waals surface area contributed by atoms with Crippen LogP contribution in [0.4, 0.5) is 0 Å². The quantitative estimate of drug-likeness (QED) is 0.364. The first-order valence-corrected chi connectivity index (χ1v) is 11.6. The van der Waals surface area contributed by atoms with Crippen LogP contribution in [0, 0.1) is 0 Å². The summed E-state index contributed by atoms with van der Waals surface area (Å²) in [5, 5.41) is 20.3. The highest BCUT2D eigenvalue weighted by atomic mass is 35.5. The number of rotatable bonds is 10. The van der Waals surface area contributed by atoms with Gasteiger partial charge in [-0.25, -0.2) is 0 Å². The Morgan fingerprint density at radius 2 is 1.00 bits per heavy atom. The molecule has 0 fully saturated rings. The molecular formula is C23H28Cl4O4. The standard InChI is InChI=1S/C23H28Cl4O4/c1-13(28)5-7-30-21-17(24)9-15(10-18(21)25)23(3,4)16-11-19(26)22(20(27)12-16)31-8-6-14(2)29/h9-14,28-29H,5-8H2,1-4H3. The fraction of sp³-hybridized carbons (Fsp3) is 0.478. The first kappa shape index (κ1) is 26.4. The maximum Gasteiger partial charge on any atom is 0.156 e. The molecule has 172 valence electrons. The first-order valence-electron chi connectivity index (χ1n) is 10.0. The fourth-order valence-corrected chi connectivity index (χ4v) is 4.14. The van der Waals surface area contributed by atoms with E-state index in [4.69, 9.17) is 55.9 Å². The van der Waals surface area contributed by atoms with Crippen molar-refractivity contribution in [1.29, 1.82) is 0 Å². The molecule has 0 amide bonds. The van der Waals surface area contributed by atoms with Crippen LogP contribution in [0.1, 0.15) is 51.7 Å². The van der Waals surface area contributed by atoms with Gasteiger partial charge in [0.2, 0.25) is 0 Å². The molecule has 0 bridgehead atoms. The molecule has 0 aliphatic carbocycles. The van der Waals surface area contributed by atoms with Gasteiger partial charge in [0, 0.05) is 18.3 Å². The Hall–Kier alpha value is -0.880. The lowest BCUT2D eigenvalue weighted by atomic mass is 9.78. The van der Waals surface area contributed by atoms with Crippen molar-refractivity contribution in [2.75, 3.05) is 13.2 Å². The second-order valence-corrected chi connectivity index (χ2v) is 9.76. The predicted octanol–water partition coefficient (Wildman–Crippen LogP) is 6.93. The minimum atomic E-state index is -0.517. The van der Waals surface area contributed by atoms with Crippen molar-refractivity contribution in [3.63, 3.8) is 0 Å². The Kier molecular flexibility index (Phi) is 9.62. The summed E-state index contributed by atoms with van der Waals surface area (Å²) >= 11 is 25.8. The van der Waals surface area contributed by atoms with Crippen LogP contribution < -0.4 is 9.47 Å². The number of hydrogen-bond donors (Lipinski definition) is 2. The molecule has 2 atom stereocenters. The summed E-state index contributed by atoms with van der Waals surface area (Å²) in [7, 11) is 0. The lowest BCUT2D eigenvalue weighted by Crippen LogP contribution is -2.19. The minimum Gasteiger partial charge on any atom is -0.490 e. The molecule has 0 saturated heterocycles. The van der Waals surface area contributed by atoms with E-state index in [0.717, 1.165) is 11.1 Å². The van der Waals surface area contributed by atoms with Crippen molar-refractivity contribution in [2.45, 2.75) is 58.2 Å². The van der Waals surface area contributed by atoms with E-state index in [1.54, 1.807) is 38.1 Å². The average Bonchev–Trinajstić information content (AvgIpc) is 2.65. The van der Waals surface area contributed by atoms with Crippen LogP contribution in [0.3, 0.4) is 0 Å². The highest BCUT2D eigenvalue weighted by Crippen LogP contribution is 2.43. The van der Waals surface area contributed by atoms with Gasteiger partial charge in [0.1, 0.15) is 0 Å². The van der Waals surface area contributed by atoms with Crippen LogP contribution in [-0.4, -0.2) is 35.6 Å². The second kappa shape index (κ2) is 11.3. The van der Waals surface area contributed by atoms with Crippen LogP contribution in [0.5, 0.6) is 11.5 Å². The molecule has 0 aliphatic rings. The summed E-state index contributed by atoms with van der Waals surface area (Å²) in [6.45, 7) is 8.02. The molecule has 2 aromatic rings. The van der Waals surface area contributed by atoms with E-state index in [0.29, 0.717) is 57.6 Å². The lowest BCUT2D eigenvalue weighted by molar-refractivity contribution is 0.155. The van der Waals surface area contributed by atoms with E-state index >= 15 is 0 Å². The third-order valence-corrected chi connectivity index (χ3v) is 6.13. The zero-order valence-corrected chi connectivity index (χ0v) is 21.0. The maximum atomic E-state index is 9.39. The van der Waals surface area contributed by atoms with Gasteiger partial charge in [-0.2, -0.15) is 0 Å². The summed E-state index contributed by atoms with van der Waals surface area (Å²) < 4.78 is 11.3. The Bertz CT molecular complexity index is 780. The fourth-order valence-electron chi connectivity index (χ4n) is 2.95. The van der Waals surface area contributed by atoms with Crippen molar-refractivity contribution in [3.8, 4) is 11.5 Å². The zero-order chi connectivity index (χ0) is 23.3. The molecule has 4 nitrogen and oxygen atoms in total. The van der Waals surface area contributed by atoms with Crippen LogP contribution >= 0.6 is 46.4 Å². The molecule has 0 heterocycles. The smallest absolute Gasteiger partial charge is 0.156 e. The number of ether oxygens (including phenoxy) is 2. The molecule has 2 rings (SSSR count). The van der Waals surface area contributed by atoms with E-state index in [1.807, 2.05) is 13.8 Å². The van der Waals surface area contributed by atoms with Crippen molar-refractivity contribution >= 4 is 46.4 Å². The lowest BCUT2D eigenvalue weighted by Gasteiger charge is -2.28. The normalized spacial score (nSPS) is 13.7. The molecule has 8 heteroatoms. The molecule has 2 N–H and O–H groups in total. The summed E-state index contributed by atoms with van der Waals surface area (Å²) in [6, 6.07) is 7.22. The van der Waals surface area contributed by atoms with Crippen LogP contribution in [-0.2, 0) is 5.41 Å². The molecule has 0 saturated carbocycles. The highest BCUT2D eigenvalue weighted by molar-refractivity contribution is 6.38. The largest absolute Gasteiger partial charge is 0.490 e. The molecule has 0 aromatic heterocycles. The van der Waals surface area contributed by atoms with Crippen LogP contribution in [0.2, 0.25) is 20.1 Å². The minimum absolute atomic E-state index is 0.307. The van der Waals surface area contributed by atoms with E-state index in [1.165, 1.54) is 0 Å². The third-order valence-electron chi connectivity index (χ3n) is 5.00. The Morgan fingerprint density at radius 3 is 1.26 bits per heavy atom. The summed E-state index contributed by atoms with van der Waals surface area (Å²) in [5.74, 6) is 0.780. The number of halogens is 4. The summed E-state index contributed by atoms with van der Waals surface area (Å²) in [5.41, 5.74) is 1.21. The van der Waals surface area contributed by atoms with Gasteiger partial charge in [-0.1, -0.05) is 60.3 Å². The Balaban J connectivity index is 2.30. The van der Waals surface area contributed by atoms with Gasteiger partial charge in [0.25, 0.3) is 0 Å². The predicted molar refractivity (Wildman–Crippen MR) is 129 cm³/mol.